The highest BCUT2D eigenvalue weighted by atomic mass is 32.2. The van der Waals surface area contributed by atoms with Crippen LogP contribution in [0.3, 0.4) is 0 Å². The van der Waals surface area contributed by atoms with Gasteiger partial charge in [0.1, 0.15) is 0 Å². The van der Waals surface area contributed by atoms with E-state index < -0.39 is 17.2 Å². The maximum absolute atomic E-state index is 16.8. The fourth-order valence-electron chi connectivity index (χ4n) is 6.75. The van der Waals surface area contributed by atoms with E-state index in [0.29, 0.717) is 12.3 Å². The third-order valence-electron chi connectivity index (χ3n) is 8.62. The number of hydrogen-bond donors (Lipinski definition) is 1. The Bertz CT molecular complexity index is 687. The van der Waals surface area contributed by atoms with Crippen molar-refractivity contribution in [2.45, 2.75) is 69.4 Å². The Balaban J connectivity index is 1.82. The minimum atomic E-state index is -1.68. The molecule has 0 radical (unpaired) electrons. The summed E-state index contributed by atoms with van der Waals surface area (Å²) in [5.41, 5.74) is -1.71. The second kappa shape index (κ2) is 5.22. The largest absolute Gasteiger partial charge is 0.390 e. The SMILES string of the molecule is CSC1(C)CC[C@H]2[C@@H]3CCC4=CC(=O)C=C[C@]4(C)[C@]3(F)C(O)C[C@@]21C. The van der Waals surface area contributed by atoms with Crippen molar-refractivity contribution in [3.05, 3.63) is 23.8 Å². The number of carbonyl (C=O) groups is 1. The molecular formula is C21H29FO2S. The van der Waals surface area contributed by atoms with Crippen LogP contribution in [0.5, 0.6) is 0 Å². The second-order valence-electron chi connectivity index (χ2n) is 9.24. The van der Waals surface area contributed by atoms with Gasteiger partial charge in [-0.15, -0.1) is 0 Å². The van der Waals surface area contributed by atoms with Crippen LogP contribution in [0, 0.1) is 22.7 Å². The van der Waals surface area contributed by atoms with Crippen molar-refractivity contribution < 1.29 is 14.3 Å². The van der Waals surface area contributed by atoms with Gasteiger partial charge in [0.15, 0.2) is 11.5 Å². The van der Waals surface area contributed by atoms with Gasteiger partial charge in [-0.05, 0) is 75.7 Å². The minimum absolute atomic E-state index is 0.0438. The molecule has 0 heterocycles. The highest BCUT2D eigenvalue weighted by Gasteiger charge is 2.72. The van der Waals surface area contributed by atoms with Crippen LogP contribution >= 0.6 is 11.8 Å². The van der Waals surface area contributed by atoms with Gasteiger partial charge in [0.2, 0.25) is 0 Å². The van der Waals surface area contributed by atoms with E-state index in [9.17, 15) is 9.90 Å². The monoisotopic (exact) mass is 364 g/mol. The number of ketones is 1. The summed E-state index contributed by atoms with van der Waals surface area (Å²) in [6.45, 7) is 6.46. The third kappa shape index (κ3) is 1.93. The van der Waals surface area contributed by atoms with Crippen LogP contribution in [0.4, 0.5) is 4.39 Å². The lowest BCUT2D eigenvalue weighted by molar-refractivity contribution is -0.191. The molecular weight excluding hydrogens is 335 g/mol. The topological polar surface area (TPSA) is 37.3 Å². The number of thioether (sulfide) groups is 1. The number of carbonyl (C=O) groups excluding carboxylic acids is 1. The molecule has 4 heteroatoms. The summed E-state index contributed by atoms with van der Waals surface area (Å²) in [7, 11) is 0. The number of aliphatic hydroxyl groups is 1. The Morgan fingerprint density at radius 2 is 1.96 bits per heavy atom. The average Bonchev–Trinajstić information content (AvgIpc) is 2.82. The lowest BCUT2D eigenvalue weighted by Gasteiger charge is -2.63. The van der Waals surface area contributed by atoms with Gasteiger partial charge in [-0.3, -0.25) is 4.79 Å². The van der Waals surface area contributed by atoms with Crippen molar-refractivity contribution in [3.63, 3.8) is 0 Å². The van der Waals surface area contributed by atoms with E-state index in [1.165, 1.54) is 6.08 Å². The van der Waals surface area contributed by atoms with E-state index in [1.807, 2.05) is 18.7 Å². The molecule has 4 aliphatic rings. The molecule has 1 N–H and O–H groups in total. The first-order valence-corrected chi connectivity index (χ1v) is 10.7. The van der Waals surface area contributed by atoms with Crippen LogP contribution in [0.2, 0.25) is 0 Å². The van der Waals surface area contributed by atoms with Gasteiger partial charge in [-0.25, -0.2) is 4.39 Å². The van der Waals surface area contributed by atoms with Crippen molar-refractivity contribution in [1.29, 1.82) is 0 Å². The van der Waals surface area contributed by atoms with E-state index in [4.69, 9.17) is 0 Å². The number of fused-ring (bicyclic) bond motifs is 5. The molecule has 0 spiro atoms. The van der Waals surface area contributed by atoms with Gasteiger partial charge in [0, 0.05) is 16.1 Å². The number of alkyl halides is 1. The lowest BCUT2D eigenvalue weighted by Crippen LogP contribution is -2.67. The Morgan fingerprint density at radius 3 is 2.64 bits per heavy atom. The van der Waals surface area contributed by atoms with Crippen molar-refractivity contribution in [1.82, 2.24) is 0 Å². The zero-order valence-electron chi connectivity index (χ0n) is 15.6. The van der Waals surface area contributed by atoms with E-state index in [-0.39, 0.29) is 21.9 Å². The second-order valence-corrected chi connectivity index (χ2v) is 10.5. The molecule has 138 valence electrons. The van der Waals surface area contributed by atoms with Crippen LogP contribution in [0.1, 0.15) is 52.9 Å². The van der Waals surface area contributed by atoms with Gasteiger partial charge in [0.05, 0.1) is 6.10 Å². The number of hydrogen-bond acceptors (Lipinski definition) is 3. The predicted octanol–water partition coefficient (Wildman–Crippen LogP) is 4.48. The highest BCUT2D eigenvalue weighted by molar-refractivity contribution is 8.00. The molecule has 4 aliphatic carbocycles. The van der Waals surface area contributed by atoms with E-state index in [2.05, 4.69) is 20.1 Å². The number of rotatable bonds is 1. The fourth-order valence-corrected chi connectivity index (χ4v) is 7.77. The Kier molecular flexibility index (Phi) is 3.71. The fraction of sp³-hybridized carbons (Fsp3) is 0.762. The zero-order chi connectivity index (χ0) is 18.3. The lowest BCUT2D eigenvalue weighted by atomic mass is 9.45. The number of allylic oxidation sites excluding steroid dienone is 4. The van der Waals surface area contributed by atoms with Crippen molar-refractivity contribution in [2.24, 2.45) is 22.7 Å². The van der Waals surface area contributed by atoms with Gasteiger partial charge in [-0.2, -0.15) is 11.8 Å². The van der Waals surface area contributed by atoms with Crippen LogP contribution in [-0.2, 0) is 4.79 Å². The molecule has 0 aromatic rings. The normalized spacial score (nSPS) is 54.6. The van der Waals surface area contributed by atoms with Crippen LogP contribution in [-0.4, -0.2) is 33.7 Å². The van der Waals surface area contributed by atoms with E-state index in [1.54, 1.807) is 12.2 Å². The number of aliphatic hydroxyl groups excluding tert-OH is 1. The summed E-state index contributed by atoms with van der Waals surface area (Å²) in [6.07, 6.45) is 10.1. The molecule has 25 heavy (non-hydrogen) atoms. The summed E-state index contributed by atoms with van der Waals surface area (Å²) in [4.78, 5) is 11.8. The van der Waals surface area contributed by atoms with Gasteiger partial charge < -0.3 is 5.11 Å². The minimum Gasteiger partial charge on any atom is -0.390 e. The molecule has 0 bridgehead atoms. The Hall–Kier alpha value is -0.610. The molecule has 3 saturated carbocycles. The quantitative estimate of drug-likeness (QED) is 0.745. The molecule has 0 aromatic carbocycles. The molecule has 0 aliphatic heterocycles. The van der Waals surface area contributed by atoms with Crippen molar-refractivity contribution >= 4 is 17.5 Å². The predicted molar refractivity (Wildman–Crippen MR) is 100 cm³/mol. The van der Waals surface area contributed by atoms with Crippen molar-refractivity contribution in [2.75, 3.05) is 6.26 Å². The van der Waals surface area contributed by atoms with Crippen LogP contribution < -0.4 is 0 Å². The maximum atomic E-state index is 16.8. The molecule has 2 nitrogen and oxygen atoms in total. The summed E-state index contributed by atoms with van der Waals surface area (Å²) in [5.74, 6) is 0.0958. The van der Waals surface area contributed by atoms with Gasteiger partial charge in [0.25, 0.3) is 0 Å². The Morgan fingerprint density at radius 1 is 1.24 bits per heavy atom. The van der Waals surface area contributed by atoms with Gasteiger partial charge in [-0.1, -0.05) is 18.6 Å². The first kappa shape index (κ1) is 17.8. The molecule has 0 amide bonds. The first-order valence-electron chi connectivity index (χ1n) is 9.49. The summed E-state index contributed by atoms with van der Waals surface area (Å²) in [6, 6.07) is 0. The van der Waals surface area contributed by atoms with E-state index in [0.717, 1.165) is 31.3 Å². The zero-order valence-corrected chi connectivity index (χ0v) is 16.5. The number of halogens is 1. The third-order valence-corrected chi connectivity index (χ3v) is 10.2. The molecule has 2 unspecified atom stereocenters. The summed E-state index contributed by atoms with van der Waals surface area (Å²) >= 11 is 1.88. The summed E-state index contributed by atoms with van der Waals surface area (Å²) in [5, 5.41) is 11.1. The van der Waals surface area contributed by atoms with E-state index >= 15 is 4.39 Å². The molecule has 3 fully saturated rings. The maximum Gasteiger partial charge on any atom is 0.178 e. The molecule has 7 atom stereocenters. The molecule has 0 saturated heterocycles. The van der Waals surface area contributed by atoms with Crippen LogP contribution in [0.25, 0.3) is 0 Å². The molecule has 4 rings (SSSR count). The average molecular weight is 365 g/mol. The first-order chi connectivity index (χ1) is 11.6. The summed E-state index contributed by atoms with van der Waals surface area (Å²) < 4.78 is 16.9. The van der Waals surface area contributed by atoms with Crippen molar-refractivity contribution in [3.8, 4) is 0 Å². The van der Waals surface area contributed by atoms with Gasteiger partial charge >= 0.3 is 0 Å². The highest BCUT2D eigenvalue weighted by Crippen LogP contribution is 2.71. The van der Waals surface area contributed by atoms with Crippen LogP contribution in [0.15, 0.2) is 23.8 Å². The molecule has 0 aromatic heterocycles. The Labute approximate surface area is 154 Å². The standard InChI is InChI=1S/C21H29FO2S/c1-18-9-7-14(23)11-13(18)5-6-16-15-8-10-20(3,25-4)19(15,2)12-17(24)21(16,18)22/h7,9,11,15-17,24H,5-6,8,10,12H2,1-4H3/t15-,16-,17?,18-,19-,20?,21+/m0/s1. The smallest absolute Gasteiger partial charge is 0.178 e.